The number of aromatic nitrogens is 3. The van der Waals surface area contributed by atoms with Gasteiger partial charge < -0.3 is 5.11 Å². The first-order valence-corrected chi connectivity index (χ1v) is 9.68. The predicted octanol–water partition coefficient (Wildman–Crippen LogP) is 4.04. The zero-order valence-corrected chi connectivity index (χ0v) is 16.8. The van der Waals surface area contributed by atoms with E-state index >= 15 is 0 Å². The topological polar surface area (TPSA) is 96.3 Å². The summed E-state index contributed by atoms with van der Waals surface area (Å²) < 4.78 is 40.4. The van der Waals surface area contributed by atoms with Crippen molar-refractivity contribution in [1.29, 1.82) is 0 Å². The van der Waals surface area contributed by atoms with Gasteiger partial charge >= 0.3 is 12.1 Å². The molecule has 1 amide bonds. The number of rotatable bonds is 4. The van der Waals surface area contributed by atoms with E-state index in [2.05, 4.69) is 15.0 Å². The Morgan fingerprint density at radius 1 is 1.12 bits per heavy atom. The SMILES string of the molecule is Cc1nc2c(c(C(F)(F)F)n1)CCC(=O)N2Cc1ccc(-c2ccccc2C(=O)O)nc1. The number of aromatic carboxylic acids is 1. The monoisotopic (exact) mass is 442 g/mol. The zero-order chi connectivity index (χ0) is 23.0. The number of carbonyl (C=O) groups excluding carboxylic acids is 1. The quantitative estimate of drug-likeness (QED) is 0.655. The number of benzene rings is 1. The molecule has 0 bridgehead atoms. The summed E-state index contributed by atoms with van der Waals surface area (Å²) in [7, 11) is 0. The molecule has 1 aliphatic heterocycles. The minimum Gasteiger partial charge on any atom is -0.478 e. The van der Waals surface area contributed by atoms with Gasteiger partial charge in [0.1, 0.15) is 11.6 Å². The molecular formula is C22H17F3N4O3. The number of halogens is 3. The van der Waals surface area contributed by atoms with E-state index in [4.69, 9.17) is 0 Å². The van der Waals surface area contributed by atoms with Crippen LogP contribution in [0.5, 0.6) is 0 Å². The molecule has 164 valence electrons. The standard InChI is InChI=1S/C22H17F3N4O3/c1-12-27-19(22(23,24)25)16-7-9-18(30)29(20(16)28-12)11-13-6-8-17(26-10-13)14-4-2-3-5-15(14)21(31)32/h2-6,8,10H,7,9,11H2,1H3,(H,31,32). The van der Waals surface area contributed by atoms with Crippen molar-refractivity contribution in [3.63, 3.8) is 0 Å². The Balaban J connectivity index is 1.67. The summed E-state index contributed by atoms with van der Waals surface area (Å²) in [6, 6.07) is 9.67. The average Bonchev–Trinajstić information content (AvgIpc) is 2.75. The highest BCUT2D eigenvalue weighted by Crippen LogP contribution is 2.37. The lowest BCUT2D eigenvalue weighted by atomic mass is 10.0. The highest BCUT2D eigenvalue weighted by molar-refractivity contribution is 5.96. The van der Waals surface area contributed by atoms with Gasteiger partial charge in [0.25, 0.3) is 0 Å². The Morgan fingerprint density at radius 2 is 1.88 bits per heavy atom. The Labute approximate surface area is 180 Å². The zero-order valence-electron chi connectivity index (χ0n) is 16.8. The van der Waals surface area contributed by atoms with Crippen LogP contribution in [0.3, 0.4) is 0 Å². The van der Waals surface area contributed by atoms with Gasteiger partial charge in [0, 0.05) is 23.7 Å². The molecule has 3 heterocycles. The molecule has 0 saturated heterocycles. The van der Waals surface area contributed by atoms with Crippen molar-refractivity contribution in [2.75, 3.05) is 4.90 Å². The summed E-state index contributed by atoms with van der Waals surface area (Å²) in [5.74, 6) is -1.54. The van der Waals surface area contributed by atoms with Crippen molar-refractivity contribution in [3.8, 4) is 11.3 Å². The van der Waals surface area contributed by atoms with Crippen LogP contribution in [0.2, 0.25) is 0 Å². The van der Waals surface area contributed by atoms with Crippen LogP contribution in [0.1, 0.15) is 39.4 Å². The fourth-order valence-corrected chi connectivity index (χ4v) is 3.67. The lowest BCUT2D eigenvalue weighted by Crippen LogP contribution is -2.37. The Kier molecular flexibility index (Phi) is 5.37. The highest BCUT2D eigenvalue weighted by atomic mass is 19.4. The fraction of sp³-hybridized carbons (Fsp3) is 0.227. The third-order valence-electron chi connectivity index (χ3n) is 5.11. The number of hydrogen-bond acceptors (Lipinski definition) is 5. The molecule has 0 aliphatic carbocycles. The summed E-state index contributed by atoms with van der Waals surface area (Å²) in [5.41, 5.74) is 0.407. The number of carboxylic acid groups (broad SMARTS) is 1. The van der Waals surface area contributed by atoms with Gasteiger partial charge in [-0.1, -0.05) is 24.3 Å². The van der Waals surface area contributed by atoms with Crippen molar-refractivity contribution in [2.45, 2.75) is 32.5 Å². The summed E-state index contributed by atoms with van der Waals surface area (Å²) in [5, 5.41) is 9.36. The van der Waals surface area contributed by atoms with Crippen LogP contribution in [0.15, 0.2) is 42.6 Å². The molecule has 1 N–H and O–H groups in total. The third-order valence-corrected chi connectivity index (χ3v) is 5.11. The number of alkyl halides is 3. The molecule has 0 fully saturated rings. The van der Waals surface area contributed by atoms with Gasteiger partial charge in [-0.05, 0) is 31.0 Å². The van der Waals surface area contributed by atoms with Crippen LogP contribution in [0.4, 0.5) is 19.0 Å². The van der Waals surface area contributed by atoms with E-state index in [1.807, 2.05) is 0 Å². The molecule has 32 heavy (non-hydrogen) atoms. The summed E-state index contributed by atoms with van der Waals surface area (Å²) in [4.78, 5) is 37.2. The lowest BCUT2D eigenvalue weighted by Gasteiger charge is -2.30. The van der Waals surface area contributed by atoms with Crippen LogP contribution in [-0.2, 0) is 23.9 Å². The molecule has 0 radical (unpaired) electrons. The van der Waals surface area contributed by atoms with E-state index in [1.165, 1.54) is 24.1 Å². The van der Waals surface area contributed by atoms with Crippen LogP contribution >= 0.6 is 0 Å². The summed E-state index contributed by atoms with van der Waals surface area (Å²) >= 11 is 0. The van der Waals surface area contributed by atoms with Gasteiger partial charge in [-0.15, -0.1) is 0 Å². The Hall–Kier alpha value is -3.82. The van der Waals surface area contributed by atoms with Crippen LogP contribution < -0.4 is 4.90 Å². The van der Waals surface area contributed by atoms with Gasteiger partial charge in [0.2, 0.25) is 5.91 Å². The molecule has 1 aliphatic rings. The van der Waals surface area contributed by atoms with E-state index in [0.29, 0.717) is 16.8 Å². The number of anilines is 1. The van der Waals surface area contributed by atoms with Gasteiger partial charge in [-0.25, -0.2) is 14.8 Å². The largest absolute Gasteiger partial charge is 0.478 e. The molecule has 7 nitrogen and oxygen atoms in total. The maximum atomic E-state index is 13.5. The first-order chi connectivity index (χ1) is 15.1. The first-order valence-electron chi connectivity index (χ1n) is 9.68. The smallest absolute Gasteiger partial charge is 0.433 e. The van der Waals surface area contributed by atoms with E-state index < -0.39 is 17.8 Å². The van der Waals surface area contributed by atoms with Gasteiger partial charge in [-0.3, -0.25) is 14.7 Å². The van der Waals surface area contributed by atoms with Crippen LogP contribution in [0, 0.1) is 6.92 Å². The maximum absolute atomic E-state index is 13.5. The molecule has 0 unspecified atom stereocenters. The van der Waals surface area contributed by atoms with Gasteiger partial charge in [0.05, 0.1) is 17.8 Å². The number of hydrogen-bond donors (Lipinski definition) is 1. The third kappa shape index (κ3) is 4.03. The average molecular weight is 442 g/mol. The predicted molar refractivity (Wildman–Crippen MR) is 108 cm³/mol. The Morgan fingerprint density at radius 3 is 2.53 bits per heavy atom. The van der Waals surface area contributed by atoms with Crippen molar-refractivity contribution in [1.82, 2.24) is 15.0 Å². The summed E-state index contributed by atoms with van der Waals surface area (Å²) in [6.07, 6.45) is -3.35. The minimum absolute atomic E-state index is 0.0204. The van der Waals surface area contributed by atoms with E-state index in [-0.39, 0.29) is 48.1 Å². The maximum Gasteiger partial charge on any atom is 0.433 e. The number of nitrogens with zero attached hydrogens (tertiary/aromatic N) is 4. The fourth-order valence-electron chi connectivity index (χ4n) is 3.67. The van der Waals surface area contributed by atoms with E-state index in [0.717, 1.165) is 0 Å². The minimum atomic E-state index is -4.65. The van der Waals surface area contributed by atoms with Gasteiger partial charge in [0.15, 0.2) is 5.69 Å². The molecule has 10 heteroatoms. The van der Waals surface area contributed by atoms with Crippen molar-refractivity contribution >= 4 is 17.7 Å². The number of aryl methyl sites for hydroxylation is 1. The normalized spacial score (nSPS) is 13.8. The number of pyridine rings is 1. The van der Waals surface area contributed by atoms with Crippen molar-refractivity contribution < 1.29 is 27.9 Å². The van der Waals surface area contributed by atoms with Gasteiger partial charge in [-0.2, -0.15) is 13.2 Å². The van der Waals surface area contributed by atoms with Crippen molar-refractivity contribution in [3.05, 3.63) is 70.8 Å². The second-order valence-corrected chi connectivity index (χ2v) is 7.30. The van der Waals surface area contributed by atoms with Crippen LogP contribution in [-0.4, -0.2) is 31.9 Å². The van der Waals surface area contributed by atoms with E-state index in [1.54, 1.807) is 30.3 Å². The second-order valence-electron chi connectivity index (χ2n) is 7.30. The number of carbonyl (C=O) groups is 2. The molecule has 2 aromatic heterocycles. The molecule has 4 rings (SSSR count). The number of fused-ring (bicyclic) bond motifs is 1. The molecule has 0 atom stereocenters. The molecule has 0 saturated carbocycles. The highest BCUT2D eigenvalue weighted by Gasteiger charge is 2.40. The first kappa shape index (κ1) is 21.4. The molecule has 3 aromatic rings. The molecular weight excluding hydrogens is 425 g/mol. The number of carboxylic acids is 1. The molecule has 0 spiro atoms. The molecule has 1 aromatic carbocycles. The Bertz CT molecular complexity index is 1210. The lowest BCUT2D eigenvalue weighted by molar-refractivity contribution is -0.142. The van der Waals surface area contributed by atoms with E-state index in [9.17, 15) is 27.9 Å². The second kappa shape index (κ2) is 8.03. The van der Waals surface area contributed by atoms with Crippen LogP contribution in [0.25, 0.3) is 11.3 Å². The van der Waals surface area contributed by atoms with Crippen molar-refractivity contribution in [2.24, 2.45) is 0 Å². The number of amides is 1. The summed E-state index contributed by atoms with van der Waals surface area (Å²) in [6.45, 7) is 1.33.